The molecule has 1 nitrogen and oxygen atoms in total. The molecule has 0 bridgehead atoms. The fourth-order valence-corrected chi connectivity index (χ4v) is 3.35. The van der Waals surface area contributed by atoms with Gasteiger partial charge in [0.05, 0.1) is 0 Å². The molecule has 1 N–H and O–H groups in total. The first-order valence-electron chi connectivity index (χ1n) is 7.83. The second kappa shape index (κ2) is 7.99. The first-order valence-corrected chi connectivity index (χ1v) is 7.83. The monoisotopic (exact) mass is 252 g/mol. The van der Waals surface area contributed by atoms with Crippen LogP contribution in [0.15, 0.2) is 11.6 Å². The maximum Gasteiger partial charge on any atom is 0.0433 e. The highest BCUT2D eigenvalue weighted by Gasteiger charge is 2.25. The first kappa shape index (κ1) is 15.8. The van der Waals surface area contributed by atoms with Gasteiger partial charge >= 0.3 is 0 Å². The molecule has 1 aliphatic rings. The molecule has 0 aromatic heterocycles. The van der Waals surface area contributed by atoms with Crippen molar-refractivity contribution in [1.29, 1.82) is 0 Å². The molecule has 0 aliphatic heterocycles. The van der Waals surface area contributed by atoms with Gasteiger partial charge in [-0.1, -0.05) is 38.8 Å². The van der Waals surface area contributed by atoms with Gasteiger partial charge in [0, 0.05) is 6.61 Å². The van der Waals surface area contributed by atoms with Gasteiger partial charge in [-0.2, -0.15) is 0 Å². The van der Waals surface area contributed by atoms with Gasteiger partial charge in [0.1, 0.15) is 0 Å². The van der Waals surface area contributed by atoms with E-state index in [0.29, 0.717) is 18.4 Å². The fourth-order valence-electron chi connectivity index (χ4n) is 3.35. The zero-order valence-electron chi connectivity index (χ0n) is 12.8. The molecule has 0 radical (unpaired) electrons. The van der Waals surface area contributed by atoms with E-state index >= 15 is 0 Å². The van der Waals surface area contributed by atoms with Crippen molar-refractivity contribution in [3.05, 3.63) is 11.6 Å². The van der Waals surface area contributed by atoms with Crippen LogP contribution >= 0.6 is 0 Å². The molecular weight excluding hydrogens is 220 g/mol. The summed E-state index contributed by atoms with van der Waals surface area (Å²) in [5.41, 5.74) is 1.67. The molecule has 1 rings (SSSR count). The molecule has 106 valence electrons. The van der Waals surface area contributed by atoms with E-state index in [-0.39, 0.29) is 0 Å². The van der Waals surface area contributed by atoms with Gasteiger partial charge in [-0.25, -0.2) is 0 Å². The Balaban J connectivity index is 2.33. The van der Waals surface area contributed by atoms with E-state index in [9.17, 15) is 0 Å². The second-order valence-electron chi connectivity index (χ2n) is 6.52. The van der Waals surface area contributed by atoms with Crippen LogP contribution in [-0.4, -0.2) is 11.7 Å². The van der Waals surface area contributed by atoms with Crippen molar-refractivity contribution in [2.45, 2.75) is 66.2 Å². The molecule has 0 heterocycles. The summed E-state index contributed by atoms with van der Waals surface area (Å²) in [6.45, 7) is 9.54. The maximum absolute atomic E-state index is 9.12. The van der Waals surface area contributed by atoms with Gasteiger partial charge in [-0.3, -0.25) is 0 Å². The first-order chi connectivity index (χ1) is 8.58. The minimum atomic E-state index is 0.351. The standard InChI is InChI=1S/C17H32O/c1-5-15-7-9-17(12-15)14(4)6-8-16(10-11-18)13(2)3/h5,13-14,16-18H,6-12H2,1-4H3/b15-5-/t14-,16-,17+/m0/s1. The van der Waals surface area contributed by atoms with Gasteiger partial charge in [-0.05, 0) is 62.7 Å². The summed E-state index contributed by atoms with van der Waals surface area (Å²) in [5, 5.41) is 9.12. The van der Waals surface area contributed by atoms with Gasteiger partial charge in [0.2, 0.25) is 0 Å². The van der Waals surface area contributed by atoms with Crippen LogP contribution in [0.25, 0.3) is 0 Å². The highest BCUT2D eigenvalue weighted by atomic mass is 16.3. The molecule has 1 aliphatic carbocycles. The number of rotatable bonds is 7. The quantitative estimate of drug-likeness (QED) is 0.645. The number of aliphatic hydroxyl groups is 1. The highest BCUT2D eigenvalue weighted by molar-refractivity contribution is 5.07. The number of hydrogen-bond donors (Lipinski definition) is 1. The van der Waals surface area contributed by atoms with Crippen molar-refractivity contribution in [3.63, 3.8) is 0 Å². The van der Waals surface area contributed by atoms with Crippen LogP contribution in [0, 0.1) is 23.7 Å². The summed E-state index contributed by atoms with van der Waals surface area (Å²) in [4.78, 5) is 0. The molecule has 0 aromatic rings. The third kappa shape index (κ3) is 4.76. The Kier molecular flexibility index (Phi) is 6.99. The van der Waals surface area contributed by atoms with Gasteiger partial charge in [0.15, 0.2) is 0 Å². The molecule has 0 amide bonds. The minimum absolute atomic E-state index is 0.351. The molecule has 0 aromatic carbocycles. The average molecular weight is 252 g/mol. The topological polar surface area (TPSA) is 20.2 Å². The van der Waals surface area contributed by atoms with Gasteiger partial charge < -0.3 is 5.11 Å². The SMILES string of the molecule is C/C=C1/CC[C@@H]([C@@H](C)CC[C@@H](CCO)C(C)C)C1. The minimum Gasteiger partial charge on any atom is -0.396 e. The molecule has 0 spiro atoms. The van der Waals surface area contributed by atoms with Crippen molar-refractivity contribution in [2.75, 3.05) is 6.61 Å². The predicted molar refractivity (Wildman–Crippen MR) is 79.5 cm³/mol. The normalized spacial score (nSPS) is 25.9. The third-order valence-electron chi connectivity index (χ3n) is 5.01. The zero-order valence-corrected chi connectivity index (χ0v) is 12.8. The Morgan fingerprint density at radius 3 is 2.44 bits per heavy atom. The Hall–Kier alpha value is -0.300. The van der Waals surface area contributed by atoms with Crippen molar-refractivity contribution in [2.24, 2.45) is 23.7 Å². The van der Waals surface area contributed by atoms with Gasteiger partial charge in [-0.15, -0.1) is 0 Å². The van der Waals surface area contributed by atoms with Crippen LogP contribution in [-0.2, 0) is 0 Å². The van der Waals surface area contributed by atoms with Crippen LogP contribution < -0.4 is 0 Å². The van der Waals surface area contributed by atoms with E-state index < -0.39 is 0 Å². The van der Waals surface area contributed by atoms with Crippen molar-refractivity contribution < 1.29 is 5.11 Å². The lowest BCUT2D eigenvalue weighted by Gasteiger charge is -2.24. The number of allylic oxidation sites excluding steroid dienone is 2. The summed E-state index contributed by atoms with van der Waals surface area (Å²) in [5.74, 6) is 3.18. The van der Waals surface area contributed by atoms with Crippen molar-refractivity contribution >= 4 is 0 Å². The van der Waals surface area contributed by atoms with Gasteiger partial charge in [0.25, 0.3) is 0 Å². The molecule has 0 saturated heterocycles. The molecule has 3 atom stereocenters. The fraction of sp³-hybridized carbons (Fsp3) is 0.882. The zero-order chi connectivity index (χ0) is 13.5. The predicted octanol–water partition coefficient (Wildman–Crippen LogP) is 4.80. The summed E-state index contributed by atoms with van der Waals surface area (Å²) in [6, 6.07) is 0. The number of aliphatic hydroxyl groups excluding tert-OH is 1. The summed E-state index contributed by atoms with van der Waals surface area (Å²) >= 11 is 0. The average Bonchev–Trinajstić information content (AvgIpc) is 2.82. The summed E-state index contributed by atoms with van der Waals surface area (Å²) in [7, 11) is 0. The molecule has 0 unspecified atom stereocenters. The maximum atomic E-state index is 9.12. The lowest BCUT2D eigenvalue weighted by molar-refractivity contribution is 0.208. The highest BCUT2D eigenvalue weighted by Crippen LogP contribution is 2.38. The molecule has 1 fully saturated rings. The lowest BCUT2D eigenvalue weighted by atomic mass is 9.82. The Morgan fingerprint density at radius 1 is 1.22 bits per heavy atom. The smallest absolute Gasteiger partial charge is 0.0433 e. The molecule has 1 heteroatoms. The second-order valence-corrected chi connectivity index (χ2v) is 6.52. The van der Waals surface area contributed by atoms with Crippen LogP contribution in [0.5, 0.6) is 0 Å². The van der Waals surface area contributed by atoms with E-state index in [1.54, 1.807) is 5.57 Å². The largest absolute Gasteiger partial charge is 0.396 e. The van der Waals surface area contributed by atoms with Crippen molar-refractivity contribution in [3.8, 4) is 0 Å². The van der Waals surface area contributed by atoms with Crippen molar-refractivity contribution in [1.82, 2.24) is 0 Å². The third-order valence-corrected chi connectivity index (χ3v) is 5.01. The lowest BCUT2D eigenvalue weighted by Crippen LogP contribution is -2.15. The Morgan fingerprint density at radius 2 is 1.94 bits per heavy atom. The molecule has 1 saturated carbocycles. The van der Waals surface area contributed by atoms with E-state index in [4.69, 9.17) is 5.11 Å². The van der Waals surface area contributed by atoms with E-state index in [0.717, 1.165) is 18.3 Å². The van der Waals surface area contributed by atoms with Crippen LogP contribution in [0.3, 0.4) is 0 Å². The van der Waals surface area contributed by atoms with Crippen LogP contribution in [0.1, 0.15) is 66.2 Å². The Labute approximate surface area is 114 Å². The van der Waals surface area contributed by atoms with Crippen LogP contribution in [0.4, 0.5) is 0 Å². The molecule has 18 heavy (non-hydrogen) atoms. The van der Waals surface area contributed by atoms with E-state index in [1.807, 2.05) is 0 Å². The van der Waals surface area contributed by atoms with Crippen LogP contribution in [0.2, 0.25) is 0 Å². The van der Waals surface area contributed by atoms with E-state index in [2.05, 4.69) is 33.8 Å². The summed E-state index contributed by atoms with van der Waals surface area (Å²) in [6.07, 6.45) is 9.99. The summed E-state index contributed by atoms with van der Waals surface area (Å²) < 4.78 is 0. The molecular formula is C17H32O. The Bertz CT molecular complexity index is 254. The van der Waals surface area contributed by atoms with E-state index in [1.165, 1.54) is 32.1 Å². The number of hydrogen-bond acceptors (Lipinski definition) is 1.